The minimum atomic E-state index is -1.02. The van der Waals surface area contributed by atoms with Gasteiger partial charge in [0.15, 0.2) is 0 Å². The van der Waals surface area contributed by atoms with Crippen LogP contribution in [0.2, 0.25) is 5.02 Å². The van der Waals surface area contributed by atoms with Crippen molar-refractivity contribution in [1.82, 2.24) is 10.3 Å². The molecule has 3 N–H and O–H groups in total. The van der Waals surface area contributed by atoms with Gasteiger partial charge in [-0.15, -0.1) is 0 Å². The number of ether oxygens (including phenoxy) is 1. The van der Waals surface area contributed by atoms with Crippen LogP contribution in [0.4, 0.5) is 8.78 Å². The summed E-state index contributed by atoms with van der Waals surface area (Å²) in [6, 6.07) is 9.93. The number of nitrogens with one attached hydrogen (secondary N) is 2. The average molecular weight is 491 g/mol. The molecule has 0 aliphatic heterocycles. The van der Waals surface area contributed by atoms with Crippen LogP contribution in [-0.2, 0) is 13.0 Å². The van der Waals surface area contributed by atoms with Gasteiger partial charge in [0, 0.05) is 41.4 Å². The van der Waals surface area contributed by atoms with Gasteiger partial charge >= 0.3 is 0 Å². The largest absolute Gasteiger partial charge is 0.487 e. The van der Waals surface area contributed by atoms with E-state index in [1.807, 2.05) is 0 Å². The number of hydrogen-bond acceptors (Lipinski definition) is 4. The molecule has 0 spiro atoms. The van der Waals surface area contributed by atoms with Crippen molar-refractivity contribution in [3.05, 3.63) is 97.4 Å². The molecule has 34 heavy (non-hydrogen) atoms. The quantitative estimate of drug-likeness (QED) is 0.439. The molecular formula is C25H25ClF2N2O4. The Morgan fingerprint density at radius 1 is 1.18 bits per heavy atom. The lowest BCUT2D eigenvalue weighted by Crippen LogP contribution is -2.38. The molecule has 0 radical (unpaired) electrons. The highest BCUT2D eigenvalue weighted by Crippen LogP contribution is 2.30. The zero-order chi connectivity index (χ0) is 25.0. The van der Waals surface area contributed by atoms with Gasteiger partial charge in [0.05, 0.1) is 5.60 Å². The van der Waals surface area contributed by atoms with E-state index in [-0.39, 0.29) is 35.4 Å². The highest BCUT2D eigenvalue weighted by Gasteiger charge is 2.18. The first-order chi connectivity index (χ1) is 15.9. The van der Waals surface area contributed by atoms with Crippen LogP contribution in [0, 0.1) is 18.6 Å². The van der Waals surface area contributed by atoms with E-state index in [1.54, 1.807) is 45.0 Å². The molecule has 0 saturated carbocycles. The van der Waals surface area contributed by atoms with E-state index in [2.05, 4.69) is 10.3 Å². The molecule has 3 rings (SSSR count). The van der Waals surface area contributed by atoms with Crippen molar-refractivity contribution in [3.63, 3.8) is 0 Å². The minimum Gasteiger partial charge on any atom is -0.487 e. The molecule has 1 heterocycles. The van der Waals surface area contributed by atoms with Crippen molar-refractivity contribution in [2.45, 2.75) is 39.4 Å². The molecule has 3 aromatic rings. The Hall–Kier alpha value is -3.23. The molecule has 2 aromatic carbocycles. The van der Waals surface area contributed by atoms with Gasteiger partial charge in [-0.3, -0.25) is 9.59 Å². The fourth-order valence-electron chi connectivity index (χ4n) is 3.24. The summed E-state index contributed by atoms with van der Waals surface area (Å²) < 4.78 is 32.9. The normalized spacial score (nSPS) is 11.4. The number of hydrogen-bond donors (Lipinski definition) is 3. The maximum absolute atomic E-state index is 14.0. The third kappa shape index (κ3) is 6.42. The molecule has 0 aliphatic rings. The fraction of sp³-hybridized carbons (Fsp3) is 0.280. The zero-order valence-electron chi connectivity index (χ0n) is 19.0. The summed E-state index contributed by atoms with van der Waals surface area (Å²) in [6.07, 6.45) is 0.315. The van der Waals surface area contributed by atoms with E-state index >= 15 is 0 Å². The second-order valence-electron chi connectivity index (χ2n) is 8.59. The summed E-state index contributed by atoms with van der Waals surface area (Å²) in [7, 11) is 0. The number of aromatic nitrogens is 1. The molecule has 0 bridgehead atoms. The summed E-state index contributed by atoms with van der Waals surface area (Å²) >= 11 is 6.21. The number of halogens is 3. The van der Waals surface area contributed by atoms with Crippen molar-refractivity contribution < 1.29 is 23.4 Å². The smallest absolute Gasteiger partial charge is 0.270 e. The number of aliphatic hydroxyl groups is 1. The molecule has 6 nitrogen and oxygen atoms in total. The SMILES string of the molecule is Cc1[nH]c(=O)c(Cl)c(OCc2ccc(F)cc2F)c1Cc1ccc(C(=O)NCC(C)(C)O)cc1. The van der Waals surface area contributed by atoms with Gasteiger partial charge in [0.2, 0.25) is 0 Å². The van der Waals surface area contributed by atoms with E-state index in [9.17, 15) is 23.5 Å². The van der Waals surface area contributed by atoms with Crippen LogP contribution < -0.4 is 15.6 Å². The highest BCUT2D eigenvalue weighted by molar-refractivity contribution is 6.32. The van der Waals surface area contributed by atoms with Crippen LogP contribution in [0.3, 0.4) is 0 Å². The highest BCUT2D eigenvalue weighted by atomic mass is 35.5. The first-order valence-electron chi connectivity index (χ1n) is 10.5. The Kier molecular flexibility index (Phi) is 7.74. The second kappa shape index (κ2) is 10.4. The van der Waals surface area contributed by atoms with E-state index in [1.165, 1.54) is 6.07 Å². The van der Waals surface area contributed by atoms with Gasteiger partial charge in [0.25, 0.3) is 11.5 Å². The molecule has 0 unspecified atom stereocenters. The standard InChI is InChI=1S/C25H25ClF2N2O4/c1-14-19(10-15-4-6-16(7-5-15)23(31)29-13-25(2,3)33)22(21(26)24(32)30-14)34-12-17-8-9-18(27)11-20(17)28/h4-9,11,33H,10,12-13H2,1-3H3,(H,29,31)(H,30,32). The lowest BCUT2D eigenvalue weighted by atomic mass is 10.0. The number of benzene rings is 2. The molecule has 1 amide bonds. The Labute approximate surface area is 200 Å². The summed E-state index contributed by atoms with van der Waals surface area (Å²) in [6.45, 7) is 4.74. The van der Waals surface area contributed by atoms with E-state index in [0.717, 1.165) is 17.7 Å². The van der Waals surface area contributed by atoms with Gasteiger partial charge in [-0.25, -0.2) is 8.78 Å². The third-order valence-corrected chi connectivity index (χ3v) is 5.44. The van der Waals surface area contributed by atoms with Crippen molar-refractivity contribution in [1.29, 1.82) is 0 Å². The predicted molar refractivity (Wildman–Crippen MR) is 125 cm³/mol. The average Bonchev–Trinajstić information content (AvgIpc) is 2.76. The molecule has 0 aliphatic carbocycles. The summed E-state index contributed by atoms with van der Waals surface area (Å²) in [5.41, 5.74) is 0.890. The van der Waals surface area contributed by atoms with E-state index in [0.29, 0.717) is 23.2 Å². The predicted octanol–water partition coefficient (Wildman–Crippen LogP) is 4.29. The van der Waals surface area contributed by atoms with Crippen LogP contribution in [0.5, 0.6) is 5.75 Å². The van der Waals surface area contributed by atoms with Gasteiger partial charge in [-0.05, 0) is 50.6 Å². The van der Waals surface area contributed by atoms with Gasteiger partial charge in [-0.1, -0.05) is 23.7 Å². The Morgan fingerprint density at radius 2 is 1.85 bits per heavy atom. The summed E-state index contributed by atoms with van der Waals surface area (Å²) in [5.74, 6) is -1.68. The van der Waals surface area contributed by atoms with Gasteiger partial charge in [-0.2, -0.15) is 0 Å². The van der Waals surface area contributed by atoms with Crippen LogP contribution >= 0.6 is 11.6 Å². The Morgan fingerprint density at radius 3 is 2.47 bits per heavy atom. The van der Waals surface area contributed by atoms with Crippen molar-refractivity contribution >= 4 is 17.5 Å². The third-order valence-electron chi connectivity index (χ3n) is 5.09. The molecule has 0 atom stereocenters. The van der Waals surface area contributed by atoms with Gasteiger partial charge < -0.3 is 20.1 Å². The molecule has 1 aromatic heterocycles. The number of carbonyl (C=O) groups excluding carboxylic acids is 1. The maximum atomic E-state index is 14.0. The topological polar surface area (TPSA) is 91.4 Å². The fourth-order valence-corrected chi connectivity index (χ4v) is 3.45. The molecular weight excluding hydrogens is 466 g/mol. The first kappa shape index (κ1) is 25.4. The van der Waals surface area contributed by atoms with Crippen molar-refractivity contribution in [2.24, 2.45) is 0 Å². The van der Waals surface area contributed by atoms with Crippen LogP contribution in [0.15, 0.2) is 47.3 Å². The molecule has 9 heteroatoms. The van der Waals surface area contributed by atoms with Gasteiger partial charge in [0.1, 0.15) is 29.0 Å². The summed E-state index contributed by atoms with van der Waals surface area (Å²) in [5, 5.41) is 12.2. The van der Waals surface area contributed by atoms with Crippen molar-refractivity contribution in [3.8, 4) is 5.75 Å². The van der Waals surface area contributed by atoms with Crippen molar-refractivity contribution in [2.75, 3.05) is 6.54 Å². The number of H-pyrrole nitrogens is 1. The number of aryl methyl sites for hydroxylation is 1. The Bertz CT molecular complexity index is 1250. The first-order valence-corrected chi connectivity index (χ1v) is 10.9. The number of aromatic amines is 1. The van der Waals surface area contributed by atoms with Crippen LogP contribution in [0.1, 0.15) is 46.6 Å². The lowest BCUT2D eigenvalue weighted by Gasteiger charge is -2.18. The number of pyridine rings is 1. The van der Waals surface area contributed by atoms with Crippen LogP contribution in [-0.4, -0.2) is 28.1 Å². The minimum absolute atomic E-state index is 0.109. The molecule has 180 valence electrons. The van der Waals surface area contributed by atoms with Crippen LogP contribution in [0.25, 0.3) is 0 Å². The lowest BCUT2D eigenvalue weighted by molar-refractivity contribution is 0.0694. The molecule has 0 saturated heterocycles. The maximum Gasteiger partial charge on any atom is 0.270 e. The summed E-state index contributed by atoms with van der Waals surface area (Å²) in [4.78, 5) is 27.1. The number of amides is 1. The zero-order valence-corrected chi connectivity index (χ0v) is 19.7. The number of rotatable bonds is 8. The second-order valence-corrected chi connectivity index (χ2v) is 8.97. The van der Waals surface area contributed by atoms with E-state index in [4.69, 9.17) is 16.3 Å². The molecule has 0 fully saturated rings. The number of carbonyl (C=O) groups is 1. The Balaban J connectivity index is 1.82. The monoisotopic (exact) mass is 490 g/mol. The van der Waals surface area contributed by atoms with E-state index < -0.39 is 22.8 Å².